The molecule has 0 amide bonds. The van der Waals surface area contributed by atoms with Gasteiger partial charge in [-0.3, -0.25) is 0 Å². The van der Waals surface area contributed by atoms with Crippen molar-refractivity contribution in [2.75, 3.05) is 11.9 Å². The van der Waals surface area contributed by atoms with Crippen molar-refractivity contribution in [2.24, 2.45) is 0 Å². The van der Waals surface area contributed by atoms with Crippen LogP contribution in [-0.4, -0.2) is 6.54 Å². The highest BCUT2D eigenvalue weighted by Gasteiger charge is 1.96. The molecule has 0 aliphatic carbocycles. The quantitative estimate of drug-likeness (QED) is 0.727. The Labute approximate surface area is 84.4 Å². The molecule has 70 valence electrons. The fourth-order valence-corrected chi connectivity index (χ4v) is 1.34. The largest absolute Gasteiger partial charge is 0.381 e. The van der Waals surface area contributed by atoms with Crippen molar-refractivity contribution in [1.82, 2.24) is 0 Å². The third-order valence-corrected chi connectivity index (χ3v) is 2.07. The molecule has 0 aliphatic heterocycles. The van der Waals surface area contributed by atoms with E-state index in [2.05, 4.69) is 11.4 Å². The number of aryl methyl sites for hydroxylation is 1. The zero-order valence-corrected chi connectivity index (χ0v) is 8.73. The fraction of sp³-hybridized carbons (Fsp3) is 0.273. The van der Waals surface area contributed by atoms with E-state index in [9.17, 15) is 0 Å². The second-order valence-corrected chi connectivity index (χ2v) is 3.35. The molecule has 1 aromatic rings. The van der Waals surface area contributed by atoms with E-state index >= 15 is 0 Å². The van der Waals surface area contributed by atoms with Crippen molar-refractivity contribution in [2.45, 2.75) is 13.8 Å². The van der Waals surface area contributed by atoms with Gasteiger partial charge in [-0.1, -0.05) is 23.8 Å². The van der Waals surface area contributed by atoms with E-state index in [1.807, 2.05) is 38.1 Å². The van der Waals surface area contributed by atoms with Gasteiger partial charge in [-0.25, -0.2) is 0 Å². The van der Waals surface area contributed by atoms with Crippen LogP contribution in [0.15, 0.2) is 30.4 Å². The molecule has 0 spiro atoms. The second kappa shape index (κ2) is 4.93. The van der Waals surface area contributed by atoms with Crippen LogP contribution in [0.2, 0.25) is 5.02 Å². The van der Waals surface area contributed by atoms with Gasteiger partial charge in [-0.15, -0.1) is 0 Å². The summed E-state index contributed by atoms with van der Waals surface area (Å²) in [6.07, 6.45) is 4.10. The van der Waals surface area contributed by atoms with Crippen molar-refractivity contribution in [3.8, 4) is 0 Å². The summed E-state index contributed by atoms with van der Waals surface area (Å²) in [6, 6.07) is 5.85. The first-order valence-corrected chi connectivity index (χ1v) is 4.73. The van der Waals surface area contributed by atoms with Crippen molar-refractivity contribution in [3.63, 3.8) is 0 Å². The Hall–Kier alpha value is -0.950. The lowest BCUT2D eigenvalue weighted by molar-refractivity contribution is 1.29. The Kier molecular flexibility index (Phi) is 3.84. The van der Waals surface area contributed by atoms with Crippen LogP contribution in [0.1, 0.15) is 12.5 Å². The zero-order chi connectivity index (χ0) is 9.68. The summed E-state index contributed by atoms with van der Waals surface area (Å²) in [6.45, 7) is 4.92. The Morgan fingerprint density at radius 2 is 2.23 bits per heavy atom. The van der Waals surface area contributed by atoms with Crippen LogP contribution < -0.4 is 5.32 Å². The van der Waals surface area contributed by atoms with Gasteiger partial charge in [0.15, 0.2) is 0 Å². The summed E-state index contributed by atoms with van der Waals surface area (Å²) >= 11 is 5.84. The molecule has 0 saturated heterocycles. The normalized spacial score (nSPS) is 10.7. The zero-order valence-electron chi connectivity index (χ0n) is 7.97. The number of hydrogen-bond acceptors (Lipinski definition) is 1. The van der Waals surface area contributed by atoms with Crippen molar-refractivity contribution >= 4 is 17.3 Å². The average Bonchev–Trinajstić information content (AvgIpc) is 2.09. The van der Waals surface area contributed by atoms with E-state index in [-0.39, 0.29) is 0 Å². The summed E-state index contributed by atoms with van der Waals surface area (Å²) < 4.78 is 0. The molecule has 0 heterocycles. The van der Waals surface area contributed by atoms with Crippen molar-refractivity contribution in [1.29, 1.82) is 0 Å². The Morgan fingerprint density at radius 3 is 2.85 bits per heavy atom. The van der Waals surface area contributed by atoms with Crippen LogP contribution in [0.5, 0.6) is 0 Å². The summed E-state index contributed by atoms with van der Waals surface area (Å²) in [7, 11) is 0. The molecule has 0 saturated carbocycles. The van der Waals surface area contributed by atoms with Crippen LogP contribution in [0.25, 0.3) is 0 Å². The van der Waals surface area contributed by atoms with E-state index in [4.69, 9.17) is 11.6 Å². The summed E-state index contributed by atoms with van der Waals surface area (Å²) in [5.74, 6) is 0. The molecular formula is C11H14ClN. The van der Waals surface area contributed by atoms with Crippen molar-refractivity contribution < 1.29 is 0 Å². The van der Waals surface area contributed by atoms with Gasteiger partial charge in [0, 0.05) is 17.3 Å². The lowest BCUT2D eigenvalue weighted by Gasteiger charge is -2.07. The minimum Gasteiger partial charge on any atom is -0.381 e. The van der Waals surface area contributed by atoms with E-state index < -0.39 is 0 Å². The molecule has 0 aliphatic rings. The van der Waals surface area contributed by atoms with Gasteiger partial charge >= 0.3 is 0 Å². The maximum absolute atomic E-state index is 5.84. The highest BCUT2D eigenvalue weighted by Crippen LogP contribution is 2.19. The highest BCUT2D eigenvalue weighted by atomic mass is 35.5. The van der Waals surface area contributed by atoms with Crippen LogP contribution >= 0.6 is 11.6 Å². The molecule has 0 fully saturated rings. The number of nitrogens with one attached hydrogen (secondary N) is 1. The molecule has 0 unspecified atom stereocenters. The average molecular weight is 196 g/mol. The summed E-state index contributed by atoms with van der Waals surface area (Å²) in [4.78, 5) is 0. The van der Waals surface area contributed by atoms with Gasteiger partial charge in [0.1, 0.15) is 0 Å². The maximum atomic E-state index is 5.84. The summed E-state index contributed by atoms with van der Waals surface area (Å²) in [5, 5.41) is 4.08. The number of benzene rings is 1. The maximum Gasteiger partial charge on any atom is 0.0410 e. The highest BCUT2D eigenvalue weighted by molar-refractivity contribution is 6.30. The van der Waals surface area contributed by atoms with Gasteiger partial charge in [0.25, 0.3) is 0 Å². The lowest BCUT2D eigenvalue weighted by atomic mass is 10.2. The fourth-order valence-electron chi connectivity index (χ4n) is 1.11. The minimum absolute atomic E-state index is 0.786. The Bertz CT molecular complexity index is 305. The molecule has 1 nitrogen and oxygen atoms in total. The third-order valence-electron chi connectivity index (χ3n) is 1.83. The Morgan fingerprint density at radius 1 is 1.46 bits per heavy atom. The molecular weight excluding hydrogens is 182 g/mol. The number of hydrogen-bond donors (Lipinski definition) is 1. The van der Waals surface area contributed by atoms with E-state index in [0.717, 1.165) is 17.3 Å². The molecule has 1 rings (SSSR count). The van der Waals surface area contributed by atoms with Gasteiger partial charge in [-0.2, -0.15) is 0 Å². The number of halogens is 1. The predicted octanol–water partition coefficient (Wildman–Crippen LogP) is 3.64. The molecule has 1 aromatic carbocycles. The molecule has 0 radical (unpaired) electrons. The van der Waals surface area contributed by atoms with Crippen LogP contribution in [-0.2, 0) is 0 Å². The standard InChI is InChI=1S/C11H14ClN/c1-3-4-7-13-11-6-5-10(12)8-9(11)2/h3-6,8,13H,7H2,1-2H3/b4-3+. The topological polar surface area (TPSA) is 12.0 Å². The van der Waals surface area contributed by atoms with Gasteiger partial charge < -0.3 is 5.32 Å². The lowest BCUT2D eigenvalue weighted by Crippen LogP contribution is -1.99. The monoisotopic (exact) mass is 195 g/mol. The van der Waals surface area contributed by atoms with Crippen molar-refractivity contribution in [3.05, 3.63) is 40.9 Å². The molecule has 2 heteroatoms. The van der Waals surface area contributed by atoms with Gasteiger partial charge in [0.05, 0.1) is 0 Å². The third kappa shape index (κ3) is 3.11. The molecule has 13 heavy (non-hydrogen) atoms. The van der Waals surface area contributed by atoms with Crippen LogP contribution in [0, 0.1) is 6.92 Å². The molecule has 1 N–H and O–H groups in total. The van der Waals surface area contributed by atoms with E-state index in [1.165, 1.54) is 5.56 Å². The first kappa shape index (κ1) is 10.1. The minimum atomic E-state index is 0.786. The second-order valence-electron chi connectivity index (χ2n) is 2.91. The molecule has 0 aromatic heterocycles. The van der Waals surface area contributed by atoms with Gasteiger partial charge in [0.2, 0.25) is 0 Å². The molecule has 0 bridgehead atoms. The van der Waals surface area contributed by atoms with E-state index in [0.29, 0.717) is 0 Å². The first-order chi connectivity index (χ1) is 6.24. The van der Waals surface area contributed by atoms with E-state index in [1.54, 1.807) is 0 Å². The first-order valence-electron chi connectivity index (χ1n) is 4.35. The summed E-state index contributed by atoms with van der Waals surface area (Å²) in [5.41, 5.74) is 2.32. The van der Waals surface area contributed by atoms with Gasteiger partial charge in [-0.05, 0) is 37.6 Å². The predicted molar refractivity (Wildman–Crippen MR) is 59.5 cm³/mol. The number of rotatable bonds is 3. The Balaban J connectivity index is 2.66. The van der Waals surface area contributed by atoms with Crippen LogP contribution in [0.3, 0.4) is 0 Å². The number of anilines is 1. The smallest absolute Gasteiger partial charge is 0.0410 e. The van der Waals surface area contributed by atoms with Crippen LogP contribution in [0.4, 0.5) is 5.69 Å². The SMILES string of the molecule is C/C=C/CNc1ccc(Cl)cc1C. The molecule has 0 atom stereocenters. The number of allylic oxidation sites excluding steroid dienone is 1.